The third-order valence-corrected chi connectivity index (χ3v) is 5.11. The molecule has 4 rings (SSSR count). The number of benzene rings is 1. The van der Waals surface area contributed by atoms with Crippen molar-refractivity contribution in [1.82, 2.24) is 24.9 Å². The quantitative estimate of drug-likeness (QED) is 0.749. The summed E-state index contributed by atoms with van der Waals surface area (Å²) in [5.41, 5.74) is 2.17. The zero-order valence-corrected chi connectivity index (χ0v) is 15.4. The number of aliphatic hydroxyl groups is 1. The first-order chi connectivity index (χ1) is 13.1. The van der Waals surface area contributed by atoms with E-state index in [0.29, 0.717) is 18.0 Å². The van der Waals surface area contributed by atoms with Crippen LogP contribution in [-0.4, -0.2) is 49.2 Å². The smallest absolute Gasteiger partial charge is 0.149 e. The Hall–Kier alpha value is -2.38. The van der Waals surface area contributed by atoms with Gasteiger partial charge in [-0.3, -0.25) is 4.90 Å². The van der Waals surface area contributed by atoms with Crippen LogP contribution in [0.3, 0.4) is 0 Å². The van der Waals surface area contributed by atoms with E-state index in [4.69, 9.17) is 0 Å². The lowest BCUT2D eigenvalue weighted by molar-refractivity contribution is 0.170. The maximum atomic E-state index is 14.0. The average Bonchev–Trinajstić information content (AvgIpc) is 3.11. The Morgan fingerprint density at radius 2 is 2.00 bits per heavy atom. The van der Waals surface area contributed by atoms with Crippen molar-refractivity contribution in [3.63, 3.8) is 0 Å². The molecule has 2 aromatic heterocycles. The van der Waals surface area contributed by atoms with Crippen molar-refractivity contribution in [2.75, 3.05) is 13.1 Å². The average molecular weight is 369 g/mol. The van der Waals surface area contributed by atoms with Crippen LogP contribution in [-0.2, 0) is 13.0 Å². The van der Waals surface area contributed by atoms with Crippen molar-refractivity contribution in [3.8, 4) is 0 Å². The van der Waals surface area contributed by atoms with Gasteiger partial charge in [-0.15, -0.1) is 5.10 Å². The van der Waals surface area contributed by atoms with Gasteiger partial charge in [0, 0.05) is 37.6 Å². The van der Waals surface area contributed by atoms with E-state index in [1.807, 2.05) is 29.1 Å². The Morgan fingerprint density at radius 1 is 1.19 bits per heavy atom. The van der Waals surface area contributed by atoms with E-state index < -0.39 is 6.10 Å². The van der Waals surface area contributed by atoms with E-state index in [1.165, 1.54) is 6.07 Å². The molecule has 0 aliphatic carbocycles. The first-order valence-corrected chi connectivity index (χ1v) is 9.44. The molecule has 27 heavy (non-hydrogen) atoms. The maximum absolute atomic E-state index is 14.0. The molecule has 1 aliphatic heterocycles. The molecule has 6 nitrogen and oxygen atoms in total. The van der Waals surface area contributed by atoms with Crippen LogP contribution in [0.5, 0.6) is 0 Å². The standard InChI is InChI=1S/C20H24FN5O/c1-14(27)11-17-13-26(24-23-17)18-7-9-25(10-8-18)12-16-6-5-15-3-2-4-19(21)20(15)22-16/h2-6,13-14,18,27H,7-12H2,1H3/t14-/m1/s1. The summed E-state index contributed by atoms with van der Waals surface area (Å²) < 4.78 is 15.9. The van der Waals surface area contributed by atoms with Crippen LogP contribution in [0.15, 0.2) is 36.5 Å². The molecule has 1 atom stereocenters. The van der Waals surface area contributed by atoms with Crippen LogP contribution < -0.4 is 0 Å². The molecule has 3 heterocycles. The van der Waals surface area contributed by atoms with Gasteiger partial charge in [-0.05, 0) is 31.9 Å². The molecular formula is C20H24FN5O. The van der Waals surface area contributed by atoms with Crippen LogP contribution in [0.4, 0.5) is 4.39 Å². The number of pyridine rings is 1. The molecule has 1 N–H and O–H groups in total. The summed E-state index contributed by atoms with van der Waals surface area (Å²) in [6.45, 7) is 4.35. The number of piperidine rings is 1. The van der Waals surface area contributed by atoms with Crippen molar-refractivity contribution >= 4 is 10.9 Å². The monoisotopic (exact) mass is 369 g/mol. The summed E-state index contributed by atoms with van der Waals surface area (Å²) in [4.78, 5) is 6.86. The van der Waals surface area contributed by atoms with Crippen molar-refractivity contribution < 1.29 is 9.50 Å². The van der Waals surface area contributed by atoms with Crippen molar-refractivity contribution in [2.45, 2.75) is 44.9 Å². The molecular weight excluding hydrogens is 345 g/mol. The Labute approximate surface area is 157 Å². The molecule has 0 radical (unpaired) electrons. The summed E-state index contributed by atoms with van der Waals surface area (Å²) in [7, 11) is 0. The summed E-state index contributed by atoms with van der Waals surface area (Å²) in [6.07, 6.45) is 4.04. The number of halogens is 1. The molecule has 0 saturated carbocycles. The predicted molar refractivity (Wildman–Crippen MR) is 101 cm³/mol. The summed E-state index contributed by atoms with van der Waals surface area (Å²) in [5, 5.41) is 18.7. The topological polar surface area (TPSA) is 67.1 Å². The third kappa shape index (κ3) is 4.14. The van der Waals surface area contributed by atoms with Gasteiger partial charge in [0.2, 0.25) is 0 Å². The Bertz CT molecular complexity index is 918. The number of rotatable bonds is 5. The Morgan fingerprint density at radius 3 is 2.78 bits per heavy atom. The van der Waals surface area contributed by atoms with Gasteiger partial charge in [0.15, 0.2) is 0 Å². The molecule has 0 amide bonds. The second kappa shape index (κ2) is 7.70. The highest BCUT2D eigenvalue weighted by Gasteiger charge is 2.22. The highest BCUT2D eigenvalue weighted by Crippen LogP contribution is 2.23. The molecule has 1 aliphatic rings. The third-order valence-electron chi connectivity index (χ3n) is 5.11. The van der Waals surface area contributed by atoms with Crippen molar-refractivity contribution in [2.24, 2.45) is 0 Å². The number of aromatic nitrogens is 4. The van der Waals surface area contributed by atoms with Gasteiger partial charge in [-0.25, -0.2) is 14.1 Å². The Balaban J connectivity index is 1.37. The van der Waals surface area contributed by atoms with Crippen molar-refractivity contribution in [3.05, 3.63) is 53.7 Å². The van der Waals surface area contributed by atoms with E-state index in [9.17, 15) is 9.50 Å². The maximum Gasteiger partial charge on any atom is 0.149 e. The lowest BCUT2D eigenvalue weighted by Gasteiger charge is -2.31. The lowest BCUT2D eigenvalue weighted by Crippen LogP contribution is -2.34. The minimum atomic E-state index is -0.406. The van der Waals surface area contributed by atoms with E-state index in [2.05, 4.69) is 20.2 Å². The van der Waals surface area contributed by atoms with Gasteiger partial charge >= 0.3 is 0 Å². The van der Waals surface area contributed by atoms with Crippen LogP contribution in [0.25, 0.3) is 10.9 Å². The van der Waals surface area contributed by atoms with Gasteiger partial charge < -0.3 is 5.11 Å². The molecule has 1 aromatic carbocycles. The number of nitrogens with zero attached hydrogens (tertiary/aromatic N) is 5. The van der Waals surface area contributed by atoms with E-state index >= 15 is 0 Å². The van der Waals surface area contributed by atoms with Crippen LogP contribution in [0.2, 0.25) is 0 Å². The van der Waals surface area contributed by atoms with E-state index in [-0.39, 0.29) is 5.82 Å². The molecule has 1 fully saturated rings. The predicted octanol–water partition coefficient (Wildman–Crippen LogP) is 2.73. The fourth-order valence-corrected chi connectivity index (χ4v) is 3.70. The number of hydrogen-bond acceptors (Lipinski definition) is 5. The molecule has 0 unspecified atom stereocenters. The second-order valence-electron chi connectivity index (χ2n) is 7.36. The van der Waals surface area contributed by atoms with Crippen LogP contribution in [0.1, 0.15) is 37.2 Å². The van der Waals surface area contributed by atoms with E-state index in [0.717, 1.165) is 49.2 Å². The fourth-order valence-electron chi connectivity index (χ4n) is 3.70. The first-order valence-electron chi connectivity index (χ1n) is 9.44. The molecule has 1 saturated heterocycles. The van der Waals surface area contributed by atoms with Gasteiger partial charge in [-0.1, -0.05) is 23.4 Å². The highest BCUT2D eigenvalue weighted by molar-refractivity contribution is 5.79. The molecule has 7 heteroatoms. The van der Waals surface area contributed by atoms with E-state index in [1.54, 1.807) is 13.0 Å². The molecule has 3 aromatic rings. The number of para-hydroxylation sites is 1. The van der Waals surface area contributed by atoms with Crippen molar-refractivity contribution in [1.29, 1.82) is 0 Å². The van der Waals surface area contributed by atoms with Gasteiger partial charge in [0.05, 0.1) is 23.5 Å². The Kier molecular flexibility index (Phi) is 5.13. The number of fused-ring (bicyclic) bond motifs is 1. The van der Waals surface area contributed by atoms with Gasteiger partial charge in [0.1, 0.15) is 11.3 Å². The normalized spacial score (nSPS) is 17.4. The summed E-state index contributed by atoms with van der Waals surface area (Å²) >= 11 is 0. The van der Waals surface area contributed by atoms with Gasteiger partial charge in [0.25, 0.3) is 0 Å². The number of hydrogen-bond donors (Lipinski definition) is 1. The molecule has 142 valence electrons. The first kappa shape index (κ1) is 18.0. The minimum Gasteiger partial charge on any atom is -0.393 e. The number of likely N-dealkylation sites (tertiary alicyclic amines) is 1. The SMILES string of the molecule is C[C@@H](O)Cc1cn(C2CCN(Cc3ccc4cccc(F)c4n3)CC2)nn1. The molecule has 0 spiro atoms. The van der Waals surface area contributed by atoms with Crippen LogP contribution in [0, 0.1) is 5.82 Å². The zero-order valence-electron chi connectivity index (χ0n) is 15.4. The molecule has 0 bridgehead atoms. The summed E-state index contributed by atoms with van der Waals surface area (Å²) in [5.74, 6) is -0.271. The summed E-state index contributed by atoms with van der Waals surface area (Å²) in [6, 6.07) is 9.29. The van der Waals surface area contributed by atoms with Gasteiger partial charge in [-0.2, -0.15) is 0 Å². The lowest BCUT2D eigenvalue weighted by atomic mass is 10.0. The fraction of sp³-hybridized carbons (Fsp3) is 0.450. The van der Waals surface area contributed by atoms with Crippen LogP contribution >= 0.6 is 0 Å². The largest absolute Gasteiger partial charge is 0.393 e. The zero-order chi connectivity index (χ0) is 18.8. The second-order valence-corrected chi connectivity index (χ2v) is 7.36. The highest BCUT2D eigenvalue weighted by atomic mass is 19.1. The minimum absolute atomic E-state index is 0.271. The number of aliphatic hydroxyl groups excluding tert-OH is 1.